The van der Waals surface area contributed by atoms with Crippen molar-refractivity contribution in [2.75, 3.05) is 19.6 Å². The van der Waals surface area contributed by atoms with Crippen molar-refractivity contribution >= 4 is 35.8 Å². The van der Waals surface area contributed by atoms with Gasteiger partial charge in [0.05, 0.1) is 12.1 Å². The quantitative estimate of drug-likeness (QED) is 0.229. The molecule has 6 nitrogen and oxygen atoms in total. The summed E-state index contributed by atoms with van der Waals surface area (Å²) in [6.07, 6.45) is 1.01. The number of nitrogens with one attached hydrogen (secondary N) is 3. The Hall–Kier alpha value is -1.51. The first-order valence-corrected chi connectivity index (χ1v) is 7.69. The Bertz CT molecular complexity index is 509. The van der Waals surface area contributed by atoms with E-state index in [1.807, 2.05) is 6.92 Å². The van der Waals surface area contributed by atoms with Gasteiger partial charge in [-0.25, -0.2) is 0 Å². The van der Waals surface area contributed by atoms with E-state index in [1.165, 1.54) is 6.07 Å². The van der Waals surface area contributed by atoms with E-state index in [4.69, 9.17) is 0 Å². The summed E-state index contributed by atoms with van der Waals surface area (Å²) >= 11 is 0. The lowest BCUT2D eigenvalue weighted by Crippen LogP contribution is -2.42. The molecule has 0 aromatic heterocycles. The monoisotopic (exact) mass is 434 g/mol. The molecule has 23 heavy (non-hydrogen) atoms. The van der Waals surface area contributed by atoms with Crippen molar-refractivity contribution in [2.24, 2.45) is 4.99 Å². The van der Waals surface area contributed by atoms with Gasteiger partial charge in [-0.3, -0.25) is 9.79 Å². The highest BCUT2D eigenvalue weighted by Gasteiger charge is 2.09. The molecule has 1 amide bonds. The standard InChI is InChI=1S/C16H26N4O2.HI/c1-4-12(3)20-16(17-5-2)19-11-10-18-15(22)13-8-6-7-9-14(13)21;/h6-9,12,21H,4-5,10-11H2,1-3H3,(H,18,22)(H2,17,19,20);1H. The van der Waals surface area contributed by atoms with Gasteiger partial charge >= 0.3 is 0 Å². The average Bonchev–Trinajstić information content (AvgIpc) is 2.51. The van der Waals surface area contributed by atoms with Crippen molar-refractivity contribution in [3.05, 3.63) is 29.8 Å². The van der Waals surface area contributed by atoms with E-state index in [1.54, 1.807) is 18.2 Å². The van der Waals surface area contributed by atoms with Gasteiger partial charge in [-0.05, 0) is 32.4 Å². The minimum absolute atomic E-state index is 0. The lowest BCUT2D eigenvalue weighted by molar-refractivity contribution is 0.0952. The average molecular weight is 434 g/mol. The van der Waals surface area contributed by atoms with Gasteiger partial charge in [0.25, 0.3) is 5.91 Å². The third kappa shape index (κ3) is 8.06. The molecular weight excluding hydrogens is 407 g/mol. The van der Waals surface area contributed by atoms with E-state index < -0.39 is 0 Å². The lowest BCUT2D eigenvalue weighted by Gasteiger charge is -2.16. The van der Waals surface area contributed by atoms with Crippen LogP contribution in [0.5, 0.6) is 5.75 Å². The van der Waals surface area contributed by atoms with E-state index in [-0.39, 0.29) is 41.2 Å². The highest BCUT2D eigenvalue weighted by atomic mass is 127. The van der Waals surface area contributed by atoms with Crippen molar-refractivity contribution in [3.63, 3.8) is 0 Å². The maximum absolute atomic E-state index is 11.9. The molecule has 0 bridgehead atoms. The normalized spacial score (nSPS) is 12.0. The van der Waals surface area contributed by atoms with E-state index >= 15 is 0 Å². The molecule has 0 heterocycles. The van der Waals surface area contributed by atoms with Crippen molar-refractivity contribution in [1.29, 1.82) is 0 Å². The van der Waals surface area contributed by atoms with Crippen molar-refractivity contribution < 1.29 is 9.90 Å². The molecule has 7 heteroatoms. The zero-order valence-corrected chi connectivity index (χ0v) is 16.3. The first-order valence-electron chi connectivity index (χ1n) is 7.69. The van der Waals surface area contributed by atoms with Gasteiger partial charge in [-0.1, -0.05) is 19.1 Å². The summed E-state index contributed by atoms with van der Waals surface area (Å²) in [6, 6.07) is 6.81. The summed E-state index contributed by atoms with van der Waals surface area (Å²) < 4.78 is 0. The van der Waals surface area contributed by atoms with Crippen molar-refractivity contribution in [1.82, 2.24) is 16.0 Å². The predicted molar refractivity (Wildman–Crippen MR) is 105 cm³/mol. The zero-order chi connectivity index (χ0) is 16.4. The smallest absolute Gasteiger partial charge is 0.255 e. The maximum Gasteiger partial charge on any atom is 0.255 e. The van der Waals surface area contributed by atoms with E-state index in [0.29, 0.717) is 19.1 Å². The molecule has 0 radical (unpaired) electrons. The Balaban J connectivity index is 0.00000484. The fourth-order valence-electron chi connectivity index (χ4n) is 1.75. The van der Waals surface area contributed by atoms with Gasteiger partial charge in [0, 0.05) is 19.1 Å². The first kappa shape index (κ1) is 21.5. The largest absolute Gasteiger partial charge is 0.507 e. The topological polar surface area (TPSA) is 85.8 Å². The van der Waals surface area contributed by atoms with Crippen LogP contribution in [0.3, 0.4) is 0 Å². The van der Waals surface area contributed by atoms with Crippen LogP contribution in [-0.2, 0) is 0 Å². The van der Waals surface area contributed by atoms with Crippen LogP contribution < -0.4 is 16.0 Å². The Labute approximate surface area is 155 Å². The van der Waals surface area contributed by atoms with Gasteiger partial charge in [-0.2, -0.15) is 0 Å². The highest BCUT2D eigenvalue weighted by Crippen LogP contribution is 2.14. The number of hydrogen-bond acceptors (Lipinski definition) is 3. The Morgan fingerprint density at radius 2 is 1.96 bits per heavy atom. The molecule has 0 fully saturated rings. The number of halogens is 1. The van der Waals surface area contributed by atoms with Crippen LogP contribution in [0.4, 0.5) is 0 Å². The molecule has 0 saturated carbocycles. The van der Waals surface area contributed by atoms with Crippen LogP contribution >= 0.6 is 24.0 Å². The second-order valence-corrected chi connectivity index (χ2v) is 4.99. The summed E-state index contributed by atoms with van der Waals surface area (Å²) in [5, 5.41) is 18.8. The molecule has 130 valence electrons. The molecule has 1 rings (SSSR count). The number of phenols is 1. The number of carbonyl (C=O) groups excluding carboxylic acids is 1. The second-order valence-electron chi connectivity index (χ2n) is 4.99. The van der Waals surface area contributed by atoms with Gasteiger partial charge in [0.15, 0.2) is 5.96 Å². The van der Waals surface area contributed by atoms with Gasteiger partial charge in [-0.15, -0.1) is 24.0 Å². The van der Waals surface area contributed by atoms with Crippen LogP contribution in [-0.4, -0.2) is 42.6 Å². The Morgan fingerprint density at radius 1 is 1.26 bits per heavy atom. The maximum atomic E-state index is 11.9. The number of aromatic hydroxyl groups is 1. The van der Waals surface area contributed by atoms with E-state index in [0.717, 1.165) is 18.9 Å². The fourth-order valence-corrected chi connectivity index (χ4v) is 1.75. The number of aliphatic imine (C=N–C) groups is 1. The molecule has 0 saturated heterocycles. The summed E-state index contributed by atoms with van der Waals surface area (Å²) in [4.78, 5) is 16.3. The number of rotatable bonds is 7. The Morgan fingerprint density at radius 3 is 2.57 bits per heavy atom. The van der Waals surface area contributed by atoms with Crippen LogP contribution in [0.1, 0.15) is 37.6 Å². The predicted octanol–water partition coefficient (Wildman–Crippen LogP) is 2.09. The highest BCUT2D eigenvalue weighted by molar-refractivity contribution is 14.0. The van der Waals surface area contributed by atoms with E-state index in [9.17, 15) is 9.90 Å². The number of nitrogens with zero attached hydrogens (tertiary/aromatic N) is 1. The molecule has 0 aliphatic carbocycles. The van der Waals surface area contributed by atoms with Gasteiger partial charge < -0.3 is 21.1 Å². The third-order valence-electron chi connectivity index (χ3n) is 3.16. The first-order chi connectivity index (χ1) is 10.6. The number of carbonyl (C=O) groups is 1. The second kappa shape index (κ2) is 12.0. The minimum atomic E-state index is -0.298. The van der Waals surface area contributed by atoms with Crippen LogP contribution in [0.25, 0.3) is 0 Å². The number of hydrogen-bond donors (Lipinski definition) is 4. The summed E-state index contributed by atoms with van der Waals surface area (Å²) in [7, 11) is 0. The molecule has 0 aliphatic heterocycles. The summed E-state index contributed by atoms with van der Waals surface area (Å²) in [6.45, 7) is 7.86. The lowest BCUT2D eigenvalue weighted by atomic mass is 10.2. The molecule has 1 aromatic carbocycles. The molecule has 4 N–H and O–H groups in total. The van der Waals surface area contributed by atoms with E-state index in [2.05, 4.69) is 34.8 Å². The van der Waals surface area contributed by atoms with Gasteiger partial charge in [0.1, 0.15) is 5.75 Å². The SMILES string of the molecule is CCNC(=NCCNC(=O)c1ccccc1O)NC(C)CC.I. The molecular formula is C16H27IN4O2. The van der Waals surface area contributed by atoms with Crippen LogP contribution in [0.2, 0.25) is 0 Å². The third-order valence-corrected chi connectivity index (χ3v) is 3.16. The molecule has 1 unspecified atom stereocenters. The number of amides is 1. The summed E-state index contributed by atoms with van der Waals surface area (Å²) in [5.41, 5.74) is 0.274. The zero-order valence-electron chi connectivity index (χ0n) is 13.9. The van der Waals surface area contributed by atoms with Crippen LogP contribution in [0, 0.1) is 0 Å². The fraction of sp³-hybridized carbons (Fsp3) is 0.500. The number of phenolic OH excluding ortho intramolecular Hbond substituents is 1. The van der Waals surface area contributed by atoms with Gasteiger partial charge in [0.2, 0.25) is 0 Å². The van der Waals surface area contributed by atoms with Crippen LogP contribution in [0.15, 0.2) is 29.3 Å². The number of benzene rings is 1. The molecule has 0 aliphatic rings. The van der Waals surface area contributed by atoms with Crippen molar-refractivity contribution in [3.8, 4) is 5.75 Å². The molecule has 1 aromatic rings. The summed E-state index contributed by atoms with van der Waals surface area (Å²) in [5.74, 6) is 0.428. The van der Waals surface area contributed by atoms with Crippen molar-refractivity contribution in [2.45, 2.75) is 33.2 Å². The minimum Gasteiger partial charge on any atom is -0.507 e. The molecule has 0 spiro atoms. The Kier molecular flexibility index (Phi) is 11.2. The number of para-hydroxylation sites is 1. The molecule has 1 atom stereocenters. The number of guanidine groups is 1.